The molecule has 172 valence electrons. The second-order valence-corrected chi connectivity index (χ2v) is 8.15. The lowest BCUT2D eigenvalue weighted by Gasteiger charge is -2.21. The largest absolute Gasteiger partial charge is 0.444 e. The summed E-state index contributed by atoms with van der Waals surface area (Å²) in [6.45, 7) is 0.699. The molecule has 1 aromatic heterocycles. The molecule has 0 spiro atoms. The highest BCUT2D eigenvalue weighted by atomic mass is 19.1. The van der Waals surface area contributed by atoms with Crippen LogP contribution < -0.4 is 5.32 Å². The van der Waals surface area contributed by atoms with Crippen LogP contribution >= 0.6 is 0 Å². The number of carbonyl (C=O) groups excluding carboxylic acids is 2. The Labute approximate surface area is 191 Å². The molecule has 8 heteroatoms. The van der Waals surface area contributed by atoms with Gasteiger partial charge in [-0.25, -0.2) is 9.37 Å². The molecule has 0 saturated carbocycles. The van der Waals surface area contributed by atoms with Gasteiger partial charge in [0.05, 0.1) is 6.42 Å². The Kier molecular flexibility index (Phi) is 7.14. The molecule has 2 N–H and O–H groups in total. The quantitative estimate of drug-likeness (QED) is 0.600. The smallest absolute Gasteiger partial charge is 0.275 e. The standard InChI is InChI=1S/C25H26FN3O4/c26-20-7-4-12-29(15-22(20)30)25(32)21-16-33-24(28-21)19-10-8-18(9-11-19)14-27-23(31)13-17-5-2-1-3-6-17/h1-3,5-6,8-11,16,20,22,30H,4,7,12-15H2,(H,27,31)/t20-,22-/m1/s1. The number of β-amino-alcohol motifs (C(OH)–C–C–N with tert-alkyl or cyclic N) is 1. The Bertz CT molecular complexity index is 1080. The molecule has 1 aliphatic heterocycles. The molecule has 2 aromatic carbocycles. The van der Waals surface area contributed by atoms with E-state index in [0.29, 0.717) is 31.5 Å². The first-order valence-corrected chi connectivity index (χ1v) is 11.0. The molecular weight excluding hydrogens is 425 g/mol. The number of nitrogens with one attached hydrogen (secondary N) is 1. The van der Waals surface area contributed by atoms with E-state index in [1.54, 1.807) is 0 Å². The van der Waals surface area contributed by atoms with Crippen LogP contribution in [0.1, 0.15) is 34.5 Å². The number of hydrogen-bond donors (Lipinski definition) is 2. The number of oxazole rings is 1. The summed E-state index contributed by atoms with van der Waals surface area (Å²) in [5, 5.41) is 12.7. The van der Waals surface area contributed by atoms with Crippen molar-refractivity contribution in [3.05, 3.63) is 77.7 Å². The highest BCUT2D eigenvalue weighted by Gasteiger charge is 2.29. The van der Waals surface area contributed by atoms with E-state index >= 15 is 0 Å². The lowest BCUT2D eigenvalue weighted by molar-refractivity contribution is -0.120. The highest BCUT2D eigenvalue weighted by Crippen LogP contribution is 2.21. The van der Waals surface area contributed by atoms with Crippen LogP contribution in [0.3, 0.4) is 0 Å². The van der Waals surface area contributed by atoms with Gasteiger partial charge in [0.1, 0.15) is 18.5 Å². The Hall–Kier alpha value is -3.52. The second kappa shape index (κ2) is 10.4. The van der Waals surface area contributed by atoms with Crippen molar-refractivity contribution < 1.29 is 23.5 Å². The first kappa shape index (κ1) is 22.7. The summed E-state index contributed by atoms with van der Waals surface area (Å²) in [6.07, 6.45) is -0.196. The van der Waals surface area contributed by atoms with Crippen LogP contribution in [0.25, 0.3) is 11.5 Å². The number of aromatic nitrogens is 1. The normalized spacial score (nSPS) is 18.5. The Balaban J connectivity index is 1.34. The van der Waals surface area contributed by atoms with Crippen molar-refractivity contribution in [3.8, 4) is 11.5 Å². The number of aliphatic hydroxyl groups excluding tert-OH is 1. The molecule has 0 radical (unpaired) electrons. The first-order valence-electron chi connectivity index (χ1n) is 11.0. The molecule has 0 bridgehead atoms. The molecule has 0 aliphatic carbocycles. The third kappa shape index (κ3) is 5.84. The number of rotatable bonds is 6. The van der Waals surface area contributed by atoms with E-state index < -0.39 is 18.2 Å². The number of halogens is 1. The topological polar surface area (TPSA) is 95.7 Å². The summed E-state index contributed by atoms with van der Waals surface area (Å²) in [6, 6.07) is 16.9. The molecule has 2 amide bonds. The summed E-state index contributed by atoms with van der Waals surface area (Å²) < 4.78 is 19.2. The zero-order valence-electron chi connectivity index (χ0n) is 18.1. The lowest BCUT2D eigenvalue weighted by atomic mass is 10.1. The van der Waals surface area contributed by atoms with Gasteiger partial charge in [-0.2, -0.15) is 0 Å². The fraction of sp³-hybridized carbons (Fsp3) is 0.320. The maximum Gasteiger partial charge on any atom is 0.275 e. The van der Waals surface area contributed by atoms with Crippen molar-refractivity contribution in [3.63, 3.8) is 0 Å². The van der Waals surface area contributed by atoms with Crippen molar-refractivity contribution in [2.45, 2.75) is 38.1 Å². The Morgan fingerprint density at radius 3 is 2.64 bits per heavy atom. The summed E-state index contributed by atoms with van der Waals surface area (Å²) in [7, 11) is 0. The number of aliphatic hydroxyl groups is 1. The lowest BCUT2D eigenvalue weighted by Crippen LogP contribution is -2.38. The molecule has 1 aliphatic rings. The number of alkyl halides is 1. The van der Waals surface area contributed by atoms with E-state index in [9.17, 15) is 19.1 Å². The van der Waals surface area contributed by atoms with Crippen LogP contribution in [0.5, 0.6) is 0 Å². The van der Waals surface area contributed by atoms with E-state index in [1.165, 1.54) is 11.2 Å². The zero-order chi connectivity index (χ0) is 23.2. The number of amides is 2. The fourth-order valence-electron chi connectivity index (χ4n) is 3.76. The van der Waals surface area contributed by atoms with Crippen molar-refractivity contribution in [2.24, 2.45) is 0 Å². The van der Waals surface area contributed by atoms with Crippen molar-refractivity contribution in [1.82, 2.24) is 15.2 Å². The molecule has 7 nitrogen and oxygen atoms in total. The van der Waals surface area contributed by atoms with Gasteiger partial charge >= 0.3 is 0 Å². The molecule has 4 rings (SSSR count). The van der Waals surface area contributed by atoms with E-state index in [-0.39, 0.29) is 30.5 Å². The average molecular weight is 451 g/mol. The van der Waals surface area contributed by atoms with Crippen LogP contribution in [0, 0.1) is 0 Å². The minimum atomic E-state index is -1.32. The third-order valence-corrected chi connectivity index (χ3v) is 5.64. The fourth-order valence-corrected chi connectivity index (χ4v) is 3.76. The van der Waals surface area contributed by atoms with Gasteiger partial charge in [-0.05, 0) is 36.1 Å². The summed E-state index contributed by atoms with van der Waals surface area (Å²) in [5.41, 5.74) is 2.68. The number of benzene rings is 2. The zero-order valence-corrected chi connectivity index (χ0v) is 18.1. The van der Waals surface area contributed by atoms with Gasteiger partial charge in [0, 0.05) is 25.2 Å². The van der Waals surface area contributed by atoms with Gasteiger partial charge < -0.3 is 19.7 Å². The monoisotopic (exact) mass is 451 g/mol. The Morgan fingerprint density at radius 2 is 1.88 bits per heavy atom. The van der Waals surface area contributed by atoms with E-state index in [1.807, 2.05) is 54.6 Å². The van der Waals surface area contributed by atoms with Gasteiger partial charge in [0.25, 0.3) is 5.91 Å². The summed E-state index contributed by atoms with van der Waals surface area (Å²) in [4.78, 5) is 30.5. The molecule has 2 atom stereocenters. The van der Waals surface area contributed by atoms with Gasteiger partial charge in [0.2, 0.25) is 11.8 Å². The maximum atomic E-state index is 13.7. The van der Waals surface area contributed by atoms with E-state index in [4.69, 9.17) is 4.42 Å². The third-order valence-electron chi connectivity index (χ3n) is 5.64. The average Bonchev–Trinajstić information content (AvgIpc) is 3.26. The molecule has 2 heterocycles. The Morgan fingerprint density at radius 1 is 1.12 bits per heavy atom. The number of carbonyl (C=O) groups is 2. The highest BCUT2D eigenvalue weighted by molar-refractivity contribution is 5.92. The molecule has 1 fully saturated rings. The molecular formula is C25H26FN3O4. The van der Waals surface area contributed by atoms with Crippen LogP contribution in [0.4, 0.5) is 4.39 Å². The van der Waals surface area contributed by atoms with Crippen LogP contribution in [0.15, 0.2) is 65.3 Å². The predicted molar refractivity (Wildman–Crippen MR) is 120 cm³/mol. The second-order valence-electron chi connectivity index (χ2n) is 8.15. The van der Waals surface area contributed by atoms with E-state index in [2.05, 4.69) is 10.3 Å². The molecule has 1 saturated heterocycles. The van der Waals surface area contributed by atoms with Crippen molar-refractivity contribution >= 4 is 11.8 Å². The van der Waals surface area contributed by atoms with Gasteiger partial charge in [0.15, 0.2) is 5.69 Å². The predicted octanol–water partition coefficient (Wildman–Crippen LogP) is 3.14. The molecule has 33 heavy (non-hydrogen) atoms. The van der Waals surface area contributed by atoms with Gasteiger partial charge in [-0.3, -0.25) is 9.59 Å². The maximum absolute atomic E-state index is 13.7. The minimum Gasteiger partial charge on any atom is -0.444 e. The first-order chi connectivity index (χ1) is 16.0. The van der Waals surface area contributed by atoms with Crippen LogP contribution in [-0.2, 0) is 17.8 Å². The molecule has 0 unspecified atom stereocenters. The van der Waals surface area contributed by atoms with Gasteiger partial charge in [-0.15, -0.1) is 0 Å². The number of hydrogen-bond acceptors (Lipinski definition) is 5. The van der Waals surface area contributed by atoms with Gasteiger partial charge in [-0.1, -0.05) is 42.5 Å². The molecule has 3 aromatic rings. The van der Waals surface area contributed by atoms with Crippen LogP contribution in [0.2, 0.25) is 0 Å². The van der Waals surface area contributed by atoms with Crippen molar-refractivity contribution in [1.29, 1.82) is 0 Å². The van der Waals surface area contributed by atoms with Crippen molar-refractivity contribution in [2.75, 3.05) is 13.1 Å². The number of nitrogens with zero attached hydrogens (tertiary/aromatic N) is 2. The summed E-state index contributed by atoms with van der Waals surface area (Å²) >= 11 is 0. The van der Waals surface area contributed by atoms with Crippen LogP contribution in [-0.4, -0.2) is 52.2 Å². The SMILES string of the molecule is O=C(Cc1ccccc1)NCc1ccc(-c2nc(C(=O)N3CCC[C@@H](F)[C@H](O)C3)co2)cc1. The van der Waals surface area contributed by atoms with E-state index in [0.717, 1.165) is 11.1 Å². The minimum absolute atomic E-state index is 0.0566. The summed E-state index contributed by atoms with van der Waals surface area (Å²) in [5.74, 6) is -0.161. The number of likely N-dealkylation sites (tertiary alicyclic amines) is 1.